The lowest BCUT2D eigenvalue weighted by atomic mass is 10.0. The van der Waals surface area contributed by atoms with Crippen LogP contribution in [0, 0.1) is 5.92 Å². The van der Waals surface area contributed by atoms with Crippen molar-refractivity contribution in [2.24, 2.45) is 5.92 Å². The van der Waals surface area contributed by atoms with E-state index >= 15 is 0 Å². The quantitative estimate of drug-likeness (QED) is 0.550. The van der Waals surface area contributed by atoms with Crippen LogP contribution in [0.2, 0.25) is 0 Å². The highest BCUT2D eigenvalue weighted by Gasteiger charge is 2.25. The Balaban J connectivity index is 1.24. The predicted octanol–water partition coefficient (Wildman–Crippen LogP) is 2.25. The third kappa shape index (κ3) is 5.16. The lowest BCUT2D eigenvalue weighted by Crippen LogP contribution is -2.29. The molecule has 3 aromatic rings. The molecule has 1 atom stereocenters. The fourth-order valence-corrected chi connectivity index (χ4v) is 3.94. The number of carbonyl (C=O) groups is 1. The van der Waals surface area contributed by atoms with Crippen LogP contribution in [-0.2, 0) is 11.2 Å². The molecule has 1 N–H and O–H groups in total. The molecule has 32 heavy (non-hydrogen) atoms. The van der Waals surface area contributed by atoms with E-state index in [4.69, 9.17) is 9.47 Å². The molecule has 1 aliphatic rings. The molecule has 168 valence electrons. The summed E-state index contributed by atoms with van der Waals surface area (Å²) in [6.45, 7) is 2.28. The average molecular weight is 437 g/mol. The molecule has 1 fully saturated rings. The van der Waals surface area contributed by atoms with Crippen molar-refractivity contribution in [2.75, 3.05) is 38.8 Å². The Bertz CT molecular complexity index is 1040. The number of nitrogens with one attached hydrogen (secondary N) is 1. The summed E-state index contributed by atoms with van der Waals surface area (Å²) in [5, 5.41) is 3.04. The summed E-state index contributed by atoms with van der Waals surface area (Å²) in [5.74, 6) is 3.26. The highest BCUT2D eigenvalue weighted by molar-refractivity contribution is 5.76. The molecule has 1 unspecified atom stereocenters. The number of imidazole rings is 1. The SMILES string of the molecule is COc1ccc(CCNC(=O)CC2CCN(c3ccnc(-n4ccnc4)n3)C2)cc1OC. The first-order valence-corrected chi connectivity index (χ1v) is 10.7. The maximum absolute atomic E-state index is 12.5. The van der Waals surface area contributed by atoms with Gasteiger partial charge in [-0.2, -0.15) is 4.98 Å². The highest BCUT2D eigenvalue weighted by Crippen LogP contribution is 2.28. The molecule has 0 aliphatic carbocycles. The summed E-state index contributed by atoms with van der Waals surface area (Å²) in [7, 11) is 3.24. The van der Waals surface area contributed by atoms with E-state index in [9.17, 15) is 4.79 Å². The number of benzene rings is 1. The minimum atomic E-state index is 0.0825. The van der Waals surface area contributed by atoms with Gasteiger partial charge in [0.2, 0.25) is 11.9 Å². The Morgan fingerprint density at radius 3 is 2.84 bits per heavy atom. The van der Waals surface area contributed by atoms with E-state index < -0.39 is 0 Å². The van der Waals surface area contributed by atoms with Gasteiger partial charge in [-0.1, -0.05) is 6.07 Å². The van der Waals surface area contributed by atoms with Gasteiger partial charge in [-0.25, -0.2) is 9.97 Å². The summed E-state index contributed by atoms with van der Waals surface area (Å²) in [5.41, 5.74) is 1.09. The van der Waals surface area contributed by atoms with Gasteiger partial charge in [0.25, 0.3) is 0 Å². The van der Waals surface area contributed by atoms with Gasteiger partial charge in [-0.3, -0.25) is 9.36 Å². The van der Waals surface area contributed by atoms with Crippen LogP contribution in [0.5, 0.6) is 11.5 Å². The van der Waals surface area contributed by atoms with Crippen molar-refractivity contribution in [2.45, 2.75) is 19.3 Å². The second-order valence-electron chi connectivity index (χ2n) is 7.78. The molecule has 1 aliphatic heterocycles. The molecule has 9 heteroatoms. The number of ether oxygens (including phenoxy) is 2. The minimum Gasteiger partial charge on any atom is -0.493 e. The third-order valence-corrected chi connectivity index (χ3v) is 5.63. The largest absolute Gasteiger partial charge is 0.493 e. The van der Waals surface area contributed by atoms with E-state index in [2.05, 4.69) is 25.2 Å². The van der Waals surface area contributed by atoms with Crippen LogP contribution in [-0.4, -0.2) is 59.3 Å². The van der Waals surface area contributed by atoms with Crippen LogP contribution in [0.3, 0.4) is 0 Å². The zero-order valence-electron chi connectivity index (χ0n) is 18.4. The van der Waals surface area contributed by atoms with Crippen LogP contribution in [0.4, 0.5) is 5.82 Å². The Labute approximate surface area is 187 Å². The first-order valence-electron chi connectivity index (χ1n) is 10.7. The van der Waals surface area contributed by atoms with Crippen molar-refractivity contribution in [3.63, 3.8) is 0 Å². The molecule has 1 aromatic carbocycles. The number of hydrogen-bond donors (Lipinski definition) is 1. The maximum atomic E-state index is 12.5. The van der Waals surface area contributed by atoms with Crippen molar-refractivity contribution >= 4 is 11.7 Å². The second-order valence-corrected chi connectivity index (χ2v) is 7.78. The molecule has 0 spiro atoms. The standard InChI is InChI=1S/C23H28N6O3/c1-31-19-4-3-17(13-20(19)32-2)5-8-25-22(30)14-18-7-11-28(15-18)21-6-9-26-23(27-21)29-12-10-24-16-29/h3-4,6,9-10,12-13,16,18H,5,7-8,11,14-15H2,1-2H3,(H,25,30). The highest BCUT2D eigenvalue weighted by atomic mass is 16.5. The zero-order valence-corrected chi connectivity index (χ0v) is 18.4. The molecule has 1 saturated heterocycles. The van der Waals surface area contributed by atoms with E-state index in [1.807, 2.05) is 30.5 Å². The Kier molecular flexibility index (Phi) is 6.84. The monoisotopic (exact) mass is 436 g/mol. The van der Waals surface area contributed by atoms with Gasteiger partial charge in [0, 0.05) is 44.6 Å². The number of carbonyl (C=O) groups excluding carboxylic acids is 1. The van der Waals surface area contributed by atoms with Crippen LogP contribution < -0.4 is 19.7 Å². The lowest BCUT2D eigenvalue weighted by molar-refractivity contribution is -0.121. The van der Waals surface area contributed by atoms with E-state index in [1.165, 1.54) is 0 Å². The fraction of sp³-hybridized carbons (Fsp3) is 0.391. The number of amides is 1. The maximum Gasteiger partial charge on any atom is 0.236 e. The molecule has 9 nitrogen and oxygen atoms in total. The van der Waals surface area contributed by atoms with Gasteiger partial charge in [0.05, 0.1) is 14.2 Å². The van der Waals surface area contributed by atoms with Crippen molar-refractivity contribution in [3.05, 3.63) is 54.7 Å². The second kappa shape index (κ2) is 10.1. The summed E-state index contributed by atoms with van der Waals surface area (Å²) < 4.78 is 12.4. The van der Waals surface area contributed by atoms with Crippen molar-refractivity contribution in [3.8, 4) is 17.4 Å². The Morgan fingerprint density at radius 1 is 1.19 bits per heavy atom. The molecule has 0 saturated carbocycles. The molecular formula is C23H28N6O3. The van der Waals surface area contributed by atoms with Gasteiger partial charge in [0.1, 0.15) is 12.1 Å². The smallest absolute Gasteiger partial charge is 0.236 e. The first kappa shape index (κ1) is 21.6. The van der Waals surface area contributed by atoms with Gasteiger partial charge in [-0.05, 0) is 42.5 Å². The summed E-state index contributed by atoms with van der Waals surface area (Å²) in [4.78, 5) is 27.7. The fourth-order valence-electron chi connectivity index (χ4n) is 3.94. The molecule has 2 aromatic heterocycles. The molecule has 3 heterocycles. The van der Waals surface area contributed by atoms with Gasteiger partial charge < -0.3 is 19.7 Å². The number of nitrogens with zero attached hydrogens (tertiary/aromatic N) is 5. The van der Waals surface area contributed by atoms with Gasteiger partial charge >= 0.3 is 0 Å². The first-order chi connectivity index (χ1) is 15.7. The number of methoxy groups -OCH3 is 2. The Hall–Kier alpha value is -3.62. The van der Waals surface area contributed by atoms with Crippen molar-refractivity contribution in [1.29, 1.82) is 0 Å². The Morgan fingerprint density at radius 2 is 2.06 bits per heavy atom. The van der Waals surface area contributed by atoms with Gasteiger partial charge in [0.15, 0.2) is 11.5 Å². The minimum absolute atomic E-state index is 0.0825. The number of anilines is 1. The lowest BCUT2D eigenvalue weighted by Gasteiger charge is -2.18. The van der Waals surface area contributed by atoms with Crippen LogP contribution in [0.25, 0.3) is 5.95 Å². The zero-order chi connectivity index (χ0) is 22.3. The normalized spacial score (nSPS) is 15.6. The van der Waals surface area contributed by atoms with Crippen molar-refractivity contribution in [1.82, 2.24) is 24.8 Å². The average Bonchev–Trinajstić information content (AvgIpc) is 3.52. The van der Waals surface area contributed by atoms with E-state index in [0.29, 0.717) is 36.3 Å². The summed E-state index contributed by atoms with van der Waals surface area (Å²) in [6.07, 6.45) is 9.17. The number of rotatable bonds is 9. The van der Waals surface area contributed by atoms with Crippen LogP contribution >= 0.6 is 0 Å². The van der Waals surface area contributed by atoms with E-state index in [0.717, 1.165) is 37.3 Å². The number of hydrogen-bond acceptors (Lipinski definition) is 7. The molecule has 4 rings (SSSR count). The predicted molar refractivity (Wildman–Crippen MR) is 120 cm³/mol. The topological polar surface area (TPSA) is 94.4 Å². The molecular weight excluding hydrogens is 408 g/mol. The molecule has 0 radical (unpaired) electrons. The third-order valence-electron chi connectivity index (χ3n) is 5.63. The van der Waals surface area contributed by atoms with E-state index in [-0.39, 0.29) is 5.91 Å². The van der Waals surface area contributed by atoms with Crippen LogP contribution in [0.15, 0.2) is 49.2 Å². The molecule has 0 bridgehead atoms. The molecule has 1 amide bonds. The van der Waals surface area contributed by atoms with E-state index in [1.54, 1.807) is 37.5 Å². The van der Waals surface area contributed by atoms with Crippen LogP contribution in [0.1, 0.15) is 18.4 Å². The van der Waals surface area contributed by atoms with Gasteiger partial charge in [-0.15, -0.1) is 0 Å². The van der Waals surface area contributed by atoms with Crippen molar-refractivity contribution < 1.29 is 14.3 Å². The summed E-state index contributed by atoms with van der Waals surface area (Å²) >= 11 is 0. The summed E-state index contributed by atoms with van der Waals surface area (Å²) in [6, 6.07) is 7.72. The number of aromatic nitrogens is 4.